The van der Waals surface area contributed by atoms with Crippen LogP contribution < -0.4 is 21.7 Å². The number of likely N-dealkylation sites (N-methyl/N-ethyl adjacent to an activating group) is 1. The number of aromatic nitrogens is 1. The van der Waals surface area contributed by atoms with E-state index in [9.17, 15) is 0 Å². The maximum absolute atomic E-state index is 6.29. The average molecular weight is 465 g/mol. The number of anilines is 1. The summed E-state index contributed by atoms with van der Waals surface area (Å²) in [5.74, 6) is 0.902. The van der Waals surface area contributed by atoms with E-state index in [0.717, 1.165) is 29.7 Å². The van der Waals surface area contributed by atoms with Crippen molar-refractivity contribution in [2.45, 2.75) is 70.4 Å². The molecule has 0 bridgehead atoms. The molecular formula is C26H40N8. The van der Waals surface area contributed by atoms with Crippen LogP contribution in [0, 0.1) is 0 Å². The van der Waals surface area contributed by atoms with Crippen LogP contribution in [0.4, 0.5) is 5.69 Å². The molecule has 1 saturated heterocycles. The van der Waals surface area contributed by atoms with Gasteiger partial charge in [0.05, 0.1) is 12.2 Å². The van der Waals surface area contributed by atoms with Crippen molar-refractivity contribution < 1.29 is 0 Å². The molecule has 1 unspecified atom stereocenters. The zero-order valence-corrected chi connectivity index (χ0v) is 20.5. The van der Waals surface area contributed by atoms with Crippen LogP contribution >= 0.6 is 0 Å². The van der Waals surface area contributed by atoms with Gasteiger partial charge in [-0.3, -0.25) is 15.2 Å². The lowest BCUT2D eigenvalue weighted by Gasteiger charge is -2.23. The molecule has 1 saturated carbocycles. The Morgan fingerprint density at radius 1 is 1.12 bits per heavy atom. The van der Waals surface area contributed by atoms with Gasteiger partial charge in [0.1, 0.15) is 0 Å². The van der Waals surface area contributed by atoms with Crippen LogP contribution in [0.5, 0.6) is 0 Å². The molecule has 184 valence electrons. The Hall–Kier alpha value is -2.71. The van der Waals surface area contributed by atoms with Gasteiger partial charge in [-0.05, 0) is 63.0 Å². The standard InChI is InChI=1S/C26H40N8/c1-2-34-16-8-12-23(34)18-29-26(31-19-30-21-10-5-3-4-6-11-21)33-25(27)32-22-13-14-24-20(17-22)9-7-15-28-24/h7,9,13-15,17,21,23,30H,2-6,8,10-12,16,18-19H2,1H3,(H4,27,29,31,32,33). The topological polar surface area (TPSA) is 103 Å². The third kappa shape index (κ3) is 7.14. The smallest absolute Gasteiger partial charge is 0.222 e. The van der Waals surface area contributed by atoms with E-state index in [1.54, 1.807) is 6.20 Å². The first-order chi connectivity index (χ1) is 16.7. The molecule has 1 aliphatic carbocycles. The molecule has 2 heterocycles. The molecule has 8 heteroatoms. The van der Waals surface area contributed by atoms with Crippen molar-refractivity contribution in [3.8, 4) is 0 Å². The van der Waals surface area contributed by atoms with Crippen molar-refractivity contribution in [3.63, 3.8) is 0 Å². The number of likely N-dealkylation sites (tertiary alicyclic amines) is 1. The Morgan fingerprint density at radius 3 is 2.79 bits per heavy atom. The molecule has 1 aromatic carbocycles. The number of pyridine rings is 1. The van der Waals surface area contributed by atoms with Gasteiger partial charge < -0.3 is 16.4 Å². The quantitative estimate of drug-likeness (QED) is 0.283. The number of nitrogens with one attached hydrogen (secondary N) is 3. The predicted molar refractivity (Wildman–Crippen MR) is 142 cm³/mol. The summed E-state index contributed by atoms with van der Waals surface area (Å²) in [6, 6.07) is 11.0. The molecule has 1 aliphatic heterocycles. The van der Waals surface area contributed by atoms with Crippen LogP contribution in [0.1, 0.15) is 58.3 Å². The van der Waals surface area contributed by atoms with E-state index in [0.29, 0.717) is 30.7 Å². The SMILES string of the molecule is CCN1CCCC1CNC(N=C(N)Nc1ccc2ncccc2c1)=NCNC1CCCCCC1. The number of benzene rings is 1. The summed E-state index contributed by atoms with van der Waals surface area (Å²) in [7, 11) is 0. The van der Waals surface area contributed by atoms with Gasteiger partial charge in [0.15, 0.2) is 0 Å². The predicted octanol–water partition coefficient (Wildman–Crippen LogP) is 3.66. The zero-order chi connectivity index (χ0) is 23.6. The Kier molecular flexibility index (Phi) is 9.10. The first-order valence-corrected chi connectivity index (χ1v) is 12.9. The molecule has 1 atom stereocenters. The minimum atomic E-state index is 0.322. The van der Waals surface area contributed by atoms with Crippen LogP contribution in [0.3, 0.4) is 0 Å². The Balaban J connectivity index is 1.41. The summed E-state index contributed by atoms with van der Waals surface area (Å²) in [6.45, 7) is 5.85. The lowest BCUT2D eigenvalue weighted by Crippen LogP contribution is -2.41. The number of hydrogen-bond donors (Lipinski definition) is 4. The number of hydrogen-bond acceptors (Lipinski definition) is 4. The van der Waals surface area contributed by atoms with Gasteiger partial charge in [0.2, 0.25) is 11.9 Å². The molecule has 2 aliphatic rings. The molecule has 1 aromatic heterocycles. The highest BCUT2D eigenvalue weighted by Crippen LogP contribution is 2.18. The number of fused-ring (bicyclic) bond motifs is 1. The highest BCUT2D eigenvalue weighted by Gasteiger charge is 2.22. The molecule has 34 heavy (non-hydrogen) atoms. The second-order valence-corrected chi connectivity index (χ2v) is 9.37. The van der Waals surface area contributed by atoms with Crippen LogP contribution in [-0.4, -0.2) is 60.2 Å². The van der Waals surface area contributed by atoms with Gasteiger partial charge in [-0.2, -0.15) is 4.99 Å². The van der Waals surface area contributed by atoms with Gasteiger partial charge in [0.25, 0.3) is 0 Å². The number of rotatable bonds is 7. The maximum Gasteiger partial charge on any atom is 0.222 e. The lowest BCUT2D eigenvalue weighted by atomic mass is 10.1. The van der Waals surface area contributed by atoms with E-state index >= 15 is 0 Å². The minimum absolute atomic E-state index is 0.322. The van der Waals surface area contributed by atoms with Crippen LogP contribution in [0.25, 0.3) is 10.9 Å². The molecule has 5 N–H and O–H groups in total. The molecule has 0 spiro atoms. The molecular weight excluding hydrogens is 424 g/mol. The zero-order valence-electron chi connectivity index (χ0n) is 20.5. The van der Waals surface area contributed by atoms with Gasteiger partial charge in [-0.15, -0.1) is 0 Å². The number of nitrogens with two attached hydrogens (primary N) is 1. The van der Waals surface area contributed by atoms with E-state index < -0.39 is 0 Å². The van der Waals surface area contributed by atoms with Gasteiger partial charge in [-0.25, -0.2) is 4.99 Å². The van der Waals surface area contributed by atoms with Gasteiger partial charge >= 0.3 is 0 Å². The fraction of sp³-hybridized carbons (Fsp3) is 0.577. The highest BCUT2D eigenvalue weighted by molar-refractivity contribution is 6.01. The third-order valence-corrected chi connectivity index (χ3v) is 6.97. The Morgan fingerprint density at radius 2 is 1.97 bits per heavy atom. The summed E-state index contributed by atoms with van der Waals surface area (Å²) in [4.78, 5) is 16.3. The van der Waals surface area contributed by atoms with Crippen molar-refractivity contribution in [1.82, 2.24) is 20.5 Å². The molecule has 4 rings (SSSR count). The third-order valence-electron chi connectivity index (χ3n) is 6.97. The molecule has 2 fully saturated rings. The number of guanidine groups is 2. The minimum Gasteiger partial charge on any atom is -0.369 e. The molecule has 0 radical (unpaired) electrons. The second-order valence-electron chi connectivity index (χ2n) is 9.37. The van der Waals surface area contributed by atoms with E-state index in [4.69, 9.17) is 10.7 Å². The fourth-order valence-electron chi connectivity index (χ4n) is 5.06. The molecule has 0 amide bonds. The monoisotopic (exact) mass is 464 g/mol. The summed E-state index contributed by atoms with van der Waals surface area (Å²) >= 11 is 0. The van der Waals surface area contributed by atoms with Gasteiger partial charge in [0, 0.05) is 35.9 Å². The summed E-state index contributed by atoms with van der Waals surface area (Å²) in [5, 5.41) is 11.3. The number of aliphatic imine (C=N–C) groups is 2. The maximum atomic E-state index is 6.29. The summed E-state index contributed by atoms with van der Waals surface area (Å²) in [5.41, 5.74) is 8.13. The van der Waals surface area contributed by atoms with Crippen molar-refractivity contribution >= 4 is 28.5 Å². The molecule has 2 aromatic rings. The Bertz CT molecular complexity index is 964. The highest BCUT2D eigenvalue weighted by atomic mass is 15.2. The summed E-state index contributed by atoms with van der Waals surface area (Å²) in [6.07, 6.45) is 12.0. The van der Waals surface area contributed by atoms with Crippen molar-refractivity contribution in [2.24, 2.45) is 15.7 Å². The second kappa shape index (κ2) is 12.7. The van der Waals surface area contributed by atoms with Crippen LogP contribution in [-0.2, 0) is 0 Å². The van der Waals surface area contributed by atoms with E-state index in [-0.39, 0.29) is 0 Å². The van der Waals surface area contributed by atoms with E-state index in [1.165, 1.54) is 57.9 Å². The normalized spacial score (nSPS) is 21.0. The van der Waals surface area contributed by atoms with Crippen LogP contribution in [0.15, 0.2) is 46.5 Å². The van der Waals surface area contributed by atoms with Gasteiger partial charge in [-0.1, -0.05) is 38.7 Å². The fourth-order valence-corrected chi connectivity index (χ4v) is 5.06. The first kappa shape index (κ1) is 24.4. The van der Waals surface area contributed by atoms with Crippen molar-refractivity contribution in [2.75, 3.05) is 31.6 Å². The van der Waals surface area contributed by atoms with E-state index in [2.05, 4.69) is 37.8 Å². The van der Waals surface area contributed by atoms with Crippen molar-refractivity contribution in [3.05, 3.63) is 36.5 Å². The summed E-state index contributed by atoms with van der Waals surface area (Å²) < 4.78 is 0. The number of nitrogens with zero attached hydrogens (tertiary/aromatic N) is 4. The largest absolute Gasteiger partial charge is 0.369 e. The van der Waals surface area contributed by atoms with Crippen molar-refractivity contribution in [1.29, 1.82) is 0 Å². The van der Waals surface area contributed by atoms with Crippen LogP contribution in [0.2, 0.25) is 0 Å². The molecule has 8 nitrogen and oxygen atoms in total. The van der Waals surface area contributed by atoms with E-state index in [1.807, 2.05) is 30.3 Å². The average Bonchev–Trinajstić information content (AvgIpc) is 3.15. The Labute approximate surface area is 203 Å². The lowest BCUT2D eigenvalue weighted by molar-refractivity contribution is 0.267. The first-order valence-electron chi connectivity index (χ1n) is 12.9.